The van der Waals surface area contributed by atoms with Gasteiger partial charge in [0.25, 0.3) is 0 Å². The Labute approximate surface area is 112 Å². The lowest BCUT2D eigenvalue weighted by molar-refractivity contribution is 0.264. The average molecular weight is 264 g/mol. The van der Waals surface area contributed by atoms with Gasteiger partial charge in [0.15, 0.2) is 10.8 Å². The fourth-order valence-electron chi connectivity index (χ4n) is 2.02. The highest BCUT2D eigenvalue weighted by Crippen LogP contribution is 2.24. The SMILES string of the molecule is CCCN(CCC)Cc1csc(-c2ccco2)n1. The van der Waals surface area contributed by atoms with E-state index in [1.165, 1.54) is 12.8 Å². The lowest BCUT2D eigenvalue weighted by atomic mass is 10.3. The quantitative estimate of drug-likeness (QED) is 0.756. The van der Waals surface area contributed by atoms with Crippen LogP contribution in [0.1, 0.15) is 32.4 Å². The molecule has 98 valence electrons. The molecule has 0 radical (unpaired) electrons. The third-order valence-electron chi connectivity index (χ3n) is 2.75. The number of hydrogen-bond donors (Lipinski definition) is 0. The van der Waals surface area contributed by atoms with Gasteiger partial charge in [0.2, 0.25) is 0 Å². The first-order valence-corrected chi connectivity index (χ1v) is 7.42. The van der Waals surface area contributed by atoms with E-state index in [-0.39, 0.29) is 0 Å². The molecule has 0 aromatic carbocycles. The van der Waals surface area contributed by atoms with E-state index in [4.69, 9.17) is 4.42 Å². The van der Waals surface area contributed by atoms with Gasteiger partial charge in [-0.1, -0.05) is 13.8 Å². The second-order valence-electron chi connectivity index (χ2n) is 4.40. The van der Waals surface area contributed by atoms with E-state index in [0.29, 0.717) is 0 Å². The normalized spacial score (nSPS) is 11.3. The van der Waals surface area contributed by atoms with Crippen LogP contribution in [0.5, 0.6) is 0 Å². The predicted octanol–water partition coefficient (Wildman–Crippen LogP) is 4.03. The molecule has 0 aliphatic carbocycles. The van der Waals surface area contributed by atoms with Gasteiger partial charge in [0, 0.05) is 11.9 Å². The number of rotatable bonds is 7. The second kappa shape index (κ2) is 6.71. The maximum absolute atomic E-state index is 5.37. The standard InChI is InChI=1S/C14H20N2OS/c1-3-7-16(8-4-2)10-12-11-18-14(15-12)13-6-5-9-17-13/h5-6,9,11H,3-4,7-8,10H2,1-2H3. The van der Waals surface area contributed by atoms with Crippen molar-refractivity contribution in [2.75, 3.05) is 13.1 Å². The molecule has 2 aromatic rings. The molecule has 0 spiro atoms. The van der Waals surface area contributed by atoms with Crippen LogP contribution in [0.15, 0.2) is 28.2 Å². The van der Waals surface area contributed by atoms with Crippen LogP contribution >= 0.6 is 11.3 Å². The minimum absolute atomic E-state index is 0.865. The Morgan fingerprint density at radius 3 is 2.67 bits per heavy atom. The van der Waals surface area contributed by atoms with Crippen LogP contribution in [-0.4, -0.2) is 23.0 Å². The molecule has 2 rings (SSSR count). The van der Waals surface area contributed by atoms with Crippen LogP contribution < -0.4 is 0 Å². The van der Waals surface area contributed by atoms with E-state index in [2.05, 4.69) is 29.1 Å². The Morgan fingerprint density at radius 2 is 2.06 bits per heavy atom. The summed E-state index contributed by atoms with van der Waals surface area (Å²) in [5, 5.41) is 3.11. The largest absolute Gasteiger partial charge is 0.462 e. The molecule has 0 N–H and O–H groups in total. The Balaban J connectivity index is 2.01. The van der Waals surface area contributed by atoms with Gasteiger partial charge in [-0.3, -0.25) is 4.90 Å². The molecule has 0 atom stereocenters. The molecular formula is C14H20N2OS. The van der Waals surface area contributed by atoms with Crippen molar-refractivity contribution in [3.8, 4) is 10.8 Å². The first-order chi connectivity index (χ1) is 8.83. The third kappa shape index (κ3) is 3.43. The lowest BCUT2D eigenvalue weighted by Gasteiger charge is -2.19. The maximum atomic E-state index is 5.37. The van der Waals surface area contributed by atoms with Crippen molar-refractivity contribution in [1.29, 1.82) is 0 Å². The van der Waals surface area contributed by atoms with Crippen molar-refractivity contribution in [2.45, 2.75) is 33.2 Å². The van der Waals surface area contributed by atoms with Crippen LogP contribution in [-0.2, 0) is 6.54 Å². The molecule has 4 heteroatoms. The lowest BCUT2D eigenvalue weighted by Crippen LogP contribution is -2.25. The molecule has 2 heterocycles. The van der Waals surface area contributed by atoms with Gasteiger partial charge < -0.3 is 4.42 Å². The fraction of sp³-hybridized carbons (Fsp3) is 0.500. The van der Waals surface area contributed by atoms with E-state index in [1.807, 2.05) is 12.1 Å². The highest BCUT2D eigenvalue weighted by atomic mass is 32.1. The summed E-state index contributed by atoms with van der Waals surface area (Å²) in [6.45, 7) is 7.66. The van der Waals surface area contributed by atoms with Gasteiger partial charge in [-0.15, -0.1) is 11.3 Å². The molecule has 0 saturated carbocycles. The fourth-order valence-corrected chi connectivity index (χ4v) is 2.80. The summed E-state index contributed by atoms with van der Waals surface area (Å²) in [6, 6.07) is 3.86. The summed E-state index contributed by atoms with van der Waals surface area (Å²) in [7, 11) is 0. The zero-order valence-corrected chi connectivity index (χ0v) is 11.9. The van der Waals surface area contributed by atoms with Gasteiger partial charge in [-0.05, 0) is 38.1 Å². The van der Waals surface area contributed by atoms with Crippen LogP contribution in [0.25, 0.3) is 10.8 Å². The predicted molar refractivity (Wildman–Crippen MR) is 75.7 cm³/mol. The van der Waals surface area contributed by atoms with Gasteiger partial charge in [0.05, 0.1) is 12.0 Å². The molecule has 2 aromatic heterocycles. The van der Waals surface area contributed by atoms with E-state index < -0.39 is 0 Å². The highest BCUT2D eigenvalue weighted by molar-refractivity contribution is 7.13. The van der Waals surface area contributed by atoms with Crippen molar-refractivity contribution in [1.82, 2.24) is 9.88 Å². The topological polar surface area (TPSA) is 29.3 Å². The second-order valence-corrected chi connectivity index (χ2v) is 5.26. The Kier molecular flexibility index (Phi) is 4.96. The highest BCUT2D eigenvalue weighted by Gasteiger charge is 2.10. The molecule has 0 fully saturated rings. The van der Waals surface area contributed by atoms with E-state index in [0.717, 1.165) is 36.1 Å². The molecule has 0 aliphatic heterocycles. The molecule has 0 saturated heterocycles. The van der Waals surface area contributed by atoms with Gasteiger partial charge in [-0.2, -0.15) is 0 Å². The first kappa shape index (κ1) is 13.3. The summed E-state index contributed by atoms with van der Waals surface area (Å²) in [5.74, 6) is 0.865. The van der Waals surface area contributed by atoms with E-state index >= 15 is 0 Å². The maximum Gasteiger partial charge on any atom is 0.162 e. The zero-order valence-electron chi connectivity index (χ0n) is 11.1. The minimum atomic E-state index is 0.865. The van der Waals surface area contributed by atoms with Gasteiger partial charge in [0.1, 0.15) is 0 Å². The number of furan rings is 1. The number of aromatic nitrogens is 1. The van der Waals surface area contributed by atoms with Gasteiger partial charge in [-0.25, -0.2) is 4.98 Å². The molecule has 0 aliphatic rings. The third-order valence-corrected chi connectivity index (χ3v) is 3.65. The smallest absolute Gasteiger partial charge is 0.162 e. The van der Waals surface area contributed by atoms with Crippen molar-refractivity contribution < 1.29 is 4.42 Å². The van der Waals surface area contributed by atoms with Crippen molar-refractivity contribution in [3.05, 3.63) is 29.5 Å². The Bertz CT molecular complexity index is 444. The van der Waals surface area contributed by atoms with Gasteiger partial charge >= 0.3 is 0 Å². The number of thiazole rings is 1. The Morgan fingerprint density at radius 1 is 1.28 bits per heavy atom. The molecule has 3 nitrogen and oxygen atoms in total. The molecular weight excluding hydrogens is 244 g/mol. The zero-order chi connectivity index (χ0) is 12.8. The summed E-state index contributed by atoms with van der Waals surface area (Å²) < 4.78 is 5.37. The molecule has 0 amide bonds. The monoisotopic (exact) mass is 264 g/mol. The van der Waals surface area contributed by atoms with Crippen molar-refractivity contribution in [2.24, 2.45) is 0 Å². The summed E-state index contributed by atoms with van der Waals surface area (Å²) in [4.78, 5) is 7.10. The molecule has 0 bridgehead atoms. The van der Waals surface area contributed by atoms with Crippen LogP contribution in [0.3, 0.4) is 0 Å². The first-order valence-electron chi connectivity index (χ1n) is 6.54. The van der Waals surface area contributed by atoms with Crippen molar-refractivity contribution >= 4 is 11.3 Å². The number of hydrogen-bond acceptors (Lipinski definition) is 4. The van der Waals surface area contributed by atoms with E-state index in [1.54, 1.807) is 17.6 Å². The summed E-state index contributed by atoms with van der Waals surface area (Å²) in [5.41, 5.74) is 1.15. The number of nitrogens with zero attached hydrogens (tertiary/aromatic N) is 2. The molecule has 0 unspecified atom stereocenters. The van der Waals surface area contributed by atoms with Crippen LogP contribution in [0.2, 0.25) is 0 Å². The molecule has 18 heavy (non-hydrogen) atoms. The van der Waals surface area contributed by atoms with Crippen LogP contribution in [0.4, 0.5) is 0 Å². The summed E-state index contributed by atoms with van der Waals surface area (Å²) in [6.07, 6.45) is 4.07. The Hall–Kier alpha value is -1.13. The minimum Gasteiger partial charge on any atom is -0.462 e. The summed E-state index contributed by atoms with van der Waals surface area (Å²) >= 11 is 1.65. The van der Waals surface area contributed by atoms with E-state index in [9.17, 15) is 0 Å². The van der Waals surface area contributed by atoms with Crippen LogP contribution in [0, 0.1) is 0 Å². The van der Waals surface area contributed by atoms with Crippen molar-refractivity contribution in [3.63, 3.8) is 0 Å². The average Bonchev–Trinajstić information content (AvgIpc) is 2.98.